The van der Waals surface area contributed by atoms with E-state index in [9.17, 15) is 18.8 Å². The van der Waals surface area contributed by atoms with Gasteiger partial charge in [-0.1, -0.05) is 45.5 Å². The molecule has 3 aromatic rings. The molecule has 44 heavy (non-hydrogen) atoms. The van der Waals surface area contributed by atoms with Gasteiger partial charge in [0, 0.05) is 44.6 Å². The van der Waals surface area contributed by atoms with Crippen LogP contribution in [0.5, 0.6) is 0 Å². The van der Waals surface area contributed by atoms with Crippen molar-refractivity contribution >= 4 is 39.3 Å². The molecule has 11 heteroatoms. The van der Waals surface area contributed by atoms with Crippen molar-refractivity contribution in [2.24, 2.45) is 0 Å². The van der Waals surface area contributed by atoms with Crippen molar-refractivity contribution < 1.29 is 23.5 Å². The van der Waals surface area contributed by atoms with E-state index in [0.717, 1.165) is 33.9 Å². The monoisotopic (exact) mass is 623 g/mol. The Kier molecular flexibility index (Phi) is 12.0. The van der Waals surface area contributed by atoms with Gasteiger partial charge in [0.2, 0.25) is 17.7 Å². The lowest BCUT2D eigenvalue weighted by Gasteiger charge is -2.27. The molecule has 2 heterocycles. The van der Waals surface area contributed by atoms with Crippen molar-refractivity contribution in [3.8, 4) is 0 Å². The lowest BCUT2D eigenvalue weighted by Crippen LogP contribution is -2.53. The molecule has 2 atom stereocenters. The molecule has 0 saturated carbocycles. The van der Waals surface area contributed by atoms with Crippen LogP contribution in [-0.4, -0.2) is 79.1 Å². The third-order valence-corrected chi connectivity index (χ3v) is 8.61. The first-order valence-electron chi connectivity index (χ1n) is 15.1. The molecular formula is C33H42FN5O4S. The Bertz CT molecular complexity index is 1450. The Labute approximate surface area is 262 Å². The molecule has 1 fully saturated rings. The van der Waals surface area contributed by atoms with Crippen LogP contribution in [0.1, 0.15) is 49.2 Å². The van der Waals surface area contributed by atoms with E-state index in [1.165, 1.54) is 29.0 Å². The van der Waals surface area contributed by atoms with E-state index in [1.54, 1.807) is 19.1 Å². The van der Waals surface area contributed by atoms with Gasteiger partial charge in [-0.2, -0.15) is 0 Å². The number of amides is 3. The molecule has 3 amide bonds. The summed E-state index contributed by atoms with van der Waals surface area (Å²) in [7, 11) is 0. The zero-order valence-corrected chi connectivity index (χ0v) is 26.5. The van der Waals surface area contributed by atoms with Gasteiger partial charge >= 0.3 is 0 Å². The Morgan fingerprint density at radius 3 is 2.48 bits per heavy atom. The van der Waals surface area contributed by atoms with E-state index in [0.29, 0.717) is 37.7 Å². The van der Waals surface area contributed by atoms with Crippen LogP contribution in [0, 0.1) is 5.82 Å². The maximum Gasteiger partial charge on any atom is 0.247 e. The smallest absolute Gasteiger partial charge is 0.247 e. The van der Waals surface area contributed by atoms with E-state index < -0.39 is 12.1 Å². The summed E-state index contributed by atoms with van der Waals surface area (Å²) >= 11 is 1.51. The highest BCUT2D eigenvalue weighted by atomic mass is 32.1. The maximum absolute atomic E-state index is 13.7. The summed E-state index contributed by atoms with van der Waals surface area (Å²) in [6, 6.07) is 10.8. The van der Waals surface area contributed by atoms with E-state index in [-0.39, 0.29) is 42.9 Å². The predicted octanol–water partition coefficient (Wildman–Crippen LogP) is 3.73. The highest BCUT2D eigenvalue weighted by molar-refractivity contribution is 7.18. The molecule has 0 spiro atoms. The normalized spacial score (nSPS) is 15.1. The lowest BCUT2D eigenvalue weighted by molar-refractivity contribution is -0.129. The first-order chi connectivity index (χ1) is 21.1. The number of carbonyl (C=O) groups is 3. The number of ether oxygens (including phenoxy) is 1. The van der Waals surface area contributed by atoms with Gasteiger partial charge in [-0.05, 0) is 47.7 Å². The topological polar surface area (TPSA) is 113 Å². The van der Waals surface area contributed by atoms with Crippen molar-refractivity contribution in [3.63, 3.8) is 0 Å². The number of benzene rings is 2. The minimum absolute atomic E-state index is 0.123. The first-order valence-corrected chi connectivity index (χ1v) is 15.9. The zero-order chi connectivity index (χ0) is 31.6. The molecule has 1 aromatic heterocycles. The second-order valence-corrected chi connectivity index (χ2v) is 12.5. The van der Waals surface area contributed by atoms with Crippen LogP contribution in [0.4, 0.5) is 4.39 Å². The van der Waals surface area contributed by atoms with Crippen LogP contribution >= 0.6 is 11.3 Å². The Balaban J connectivity index is 1.47. The van der Waals surface area contributed by atoms with Crippen LogP contribution in [0.25, 0.3) is 10.2 Å². The van der Waals surface area contributed by atoms with Crippen molar-refractivity contribution in [2.45, 2.75) is 58.0 Å². The third-order valence-electron chi connectivity index (χ3n) is 7.57. The van der Waals surface area contributed by atoms with Crippen LogP contribution in [0.2, 0.25) is 0 Å². The van der Waals surface area contributed by atoms with Gasteiger partial charge < -0.3 is 20.7 Å². The maximum atomic E-state index is 13.7. The van der Waals surface area contributed by atoms with Gasteiger partial charge in [-0.3, -0.25) is 19.3 Å². The van der Waals surface area contributed by atoms with Gasteiger partial charge in [0.1, 0.15) is 11.9 Å². The SMILES string of the molecule is C=C(CN1CCOCC1)C(=O)NC[C@H](Cc1ccc(F)cc1)NC(=O)[C@H](Cc1nc2ccc(C(C)C)cc2s1)NC(=O)CC. The number of nitrogens with zero attached hydrogens (tertiary/aromatic N) is 2. The number of rotatable bonds is 14. The molecule has 3 N–H and O–H groups in total. The van der Waals surface area contributed by atoms with E-state index in [2.05, 4.69) is 53.4 Å². The molecule has 4 rings (SSSR count). The minimum Gasteiger partial charge on any atom is -0.379 e. The van der Waals surface area contributed by atoms with E-state index in [1.807, 2.05) is 6.07 Å². The minimum atomic E-state index is -0.865. The summed E-state index contributed by atoms with van der Waals surface area (Å²) in [5.41, 5.74) is 3.27. The molecule has 1 aliphatic rings. The number of morpholine rings is 1. The fourth-order valence-electron chi connectivity index (χ4n) is 4.94. The van der Waals surface area contributed by atoms with Gasteiger partial charge in [0.25, 0.3) is 0 Å². The number of hydrogen-bond donors (Lipinski definition) is 3. The van der Waals surface area contributed by atoms with Gasteiger partial charge in [-0.25, -0.2) is 9.37 Å². The molecule has 236 valence electrons. The molecule has 0 bridgehead atoms. The quantitative estimate of drug-likeness (QED) is 0.236. The summed E-state index contributed by atoms with van der Waals surface area (Å²) in [6.45, 7) is 13.2. The number of carbonyl (C=O) groups excluding carboxylic acids is 3. The lowest BCUT2D eigenvalue weighted by atomic mass is 10.0. The van der Waals surface area contributed by atoms with Gasteiger partial charge in [-0.15, -0.1) is 11.3 Å². The van der Waals surface area contributed by atoms with Crippen molar-refractivity contribution in [1.82, 2.24) is 25.8 Å². The summed E-state index contributed by atoms with van der Waals surface area (Å²) in [4.78, 5) is 45.9. The number of fused-ring (bicyclic) bond motifs is 1. The molecule has 1 aliphatic heterocycles. The Hall–Kier alpha value is -3.67. The fraction of sp³-hybridized carbons (Fsp3) is 0.455. The largest absolute Gasteiger partial charge is 0.379 e. The van der Waals surface area contributed by atoms with Crippen LogP contribution in [-0.2, 0) is 32.0 Å². The molecule has 0 aliphatic carbocycles. The first kappa shape index (κ1) is 33.2. The molecular weight excluding hydrogens is 581 g/mol. The Morgan fingerprint density at radius 1 is 1.07 bits per heavy atom. The number of hydrogen-bond acceptors (Lipinski definition) is 7. The predicted molar refractivity (Wildman–Crippen MR) is 171 cm³/mol. The average Bonchev–Trinajstić information content (AvgIpc) is 3.42. The molecule has 9 nitrogen and oxygen atoms in total. The Morgan fingerprint density at radius 2 is 1.80 bits per heavy atom. The summed E-state index contributed by atoms with van der Waals surface area (Å²) in [6.07, 6.45) is 0.789. The zero-order valence-electron chi connectivity index (χ0n) is 25.7. The number of thiazole rings is 1. The van der Waals surface area contributed by atoms with Crippen LogP contribution in [0.3, 0.4) is 0 Å². The third kappa shape index (κ3) is 9.67. The number of halogens is 1. The van der Waals surface area contributed by atoms with Gasteiger partial charge in [0.15, 0.2) is 0 Å². The standard InChI is InChI=1S/C33H42FN5O4S/c1-5-30(40)37-28(18-31-38-27-11-8-24(21(2)3)17-29(27)44-31)33(42)36-26(16-23-6-9-25(34)10-7-23)19-35-32(41)22(4)20-39-12-14-43-15-13-39/h6-11,17,21,26,28H,4-5,12-16,18-20H2,1-3H3,(H,35,41)(H,36,42)(H,37,40)/t26-,28-/m0/s1. The van der Waals surface area contributed by atoms with Crippen molar-refractivity contribution in [2.75, 3.05) is 39.4 Å². The summed E-state index contributed by atoms with van der Waals surface area (Å²) in [5, 5.41) is 9.50. The second-order valence-electron chi connectivity index (χ2n) is 11.4. The van der Waals surface area contributed by atoms with Crippen LogP contribution < -0.4 is 16.0 Å². The summed E-state index contributed by atoms with van der Waals surface area (Å²) < 4.78 is 20.0. The molecule has 0 radical (unpaired) electrons. The van der Waals surface area contributed by atoms with Crippen molar-refractivity contribution in [1.29, 1.82) is 0 Å². The van der Waals surface area contributed by atoms with Crippen molar-refractivity contribution in [3.05, 3.63) is 76.6 Å². The van der Waals surface area contributed by atoms with Gasteiger partial charge in [0.05, 0.1) is 34.5 Å². The second kappa shape index (κ2) is 15.9. The number of aromatic nitrogens is 1. The van der Waals surface area contributed by atoms with E-state index >= 15 is 0 Å². The van der Waals surface area contributed by atoms with Crippen LogP contribution in [0.15, 0.2) is 54.6 Å². The molecule has 0 unspecified atom stereocenters. The average molecular weight is 624 g/mol. The fourth-order valence-corrected chi connectivity index (χ4v) is 6.00. The number of nitrogens with one attached hydrogen (secondary N) is 3. The van der Waals surface area contributed by atoms with E-state index in [4.69, 9.17) is 9.72 Å². The molecule has 2 aromatic carbocycles. The molecule has 1 saturated heterocycles. The highest BCUT2D eigenvalue weighted by Crippen LogP contribution is 2.27. The highest BCUT2D eigenvalue weighted by Gasteiger charge is 2.26. The summed E-state index contributed by atoms with van der Waals surface area (Å²) in [5.74, 6) is -0.928.